The van der Waals surface area contributed by atoms with E-state index in [-0.39, 0.29) is 5.54 Å². The maximum atomic E-state index is 5.02. The third kappa shape index (κ3) is 3.91. The van der Waals surface area contributed by atoms with E-state index in [1.54, 1.807) is 18.4 Å². The monoisotopic (exact) mass is 298 g/mol. The number of hydrogen-bond acceptors (Lipinski definition) is 6. The summed E-state index contributed by atoms with van der Waals surface area (Å²) < 4.78 is 5.02. The lowest BCUT2D eigenvalue weighted by molar-refractivity contribution is 0.139. The molecule has 1 aromatic heterocycles. The van der Waals surface area contributed by atoms with Gasteiger partial charge in [0.2, 0.25) is 0 Å². The second-order valence-electron chi connectivity index (χ2n) is 5.95. The number of likely N-dealkylation sites (N-methyl/N-ethyl adjacent to an activating group) is 1. The van der Waals surface area contributed by atoms with Gasteiger partial charge in [-0.05, 0) is 20.9 Å². The number of methoxy groups -OCH3 is 1. The molecule has 1 fully saturated rings. The highest BCUT2D eigenvalue weighted by molar-refractivity contribution is 7.13. The van der Waals surface area contributed by atoms with Crippen molar-refractivity contribution in [1.82, 2.24) is 15.2 Å². The van der Waals surface area contributed by atoms with E-state index in [4.69, 9.17) is 9.72 Å². The van der Waals surface area contributed by atoms with E-state index in [1.807, 2.05) is 0 Å². The molecule has 0 atom stereocenters. The zero-order chi connectivity index (χ0) is 14.6. The Morgan fingerprint density at radius 2 is 2.25 bits per heavy atom. The fourth-order valence-corrected chi connectivity index (χ4v) is 3.17. The first-order valence-corrected chi connectivity index (χ1v) is 8.01. The minimum absolute atomic E-state index is 0.209. The fraction of sp³-hybridized carbons (Fsp3) is 0.786. The lowest BCUT2D eigenvalue weighted by Crippen LogP contribution is -2.57. The predicted molar refractivity (Wildman–Crippen MR) is 84.6 cm³/mol. The maximum absolute atomic E-state index is 5.02. The number of hydrogen-bond donors (Lipinski definition) is 1. The smallest absolute Gasteiger partial charge is 0.185 e. The van der Waals surface area contributed by atoms with Gasteiger partial charge in [0.25, 0.3) is 0 Å². The van der Waals surface area contributed by atoms with Crippen molar-refractivity contribution in [2.45, 2.75) is 25.9 Å². The highest BCUT2D eigenvalue weighted by atomic mass is 32.1. The fourth-order valence-electron chi connectivity index (χ4n) is 2.32. The zero-order valence-electron chi connectivity index (χ0n) is 13.0. The van der Waals surface area contributed by atoms with Gasteiger partial charge in [0.05, 0.1) is 12.3 Å². The Morgan fingerprint density at radius 1 is 1.45 bits per heavy atom. The van der Waals surface area contributed by atoms with Crippen molar-refractivity contribution in [3.8, 4) is 0 Å². The van der Waals surface area contributed by atoms with Crippen LogP contribution in [-0.4, -0.2) is 62.4 Å². The molecule has 0 saturated carbocycles. The molecule has 0 unspecified atom stereocenters. The Morgan fingerprint density at radius 3 is 2.95 bits per heavy atom. The minimum atomic E-state index is 0.209. The van der Waals surface area contributed by atoms with Crippen molar-refractivity contribution in [1.29, 1.82) is 0 Å². The van der Waals surface area contributed by atoms with Crippen LogP contribution in [0, 0.1) is 0 Å². The molecular formula is C14H26N4OS. The van der Waals surface area contributed by atoms with E-state index < -0.39 is 0 Å². The molecule has 6 heteroatoms. The second-order valence-corrected chi connectivity index (χ2v) is 6.78. The summed E-state index contributed by atoms with van der Waals surface area (Å²) in [5.41, 5.74) is 1.33. The third-order valence-electron chi connectivity index (χ3n) is 3.92. The van der Waals surface area contributed by atoms with Gasteiger partial charge in [0, 0.05) is 50.8 Å². The van der Waals surface area contributed by atoms with Crippen LogP contribution in [0.25, 0.3) is 0 Å². The molecule has 1 aliphatic rings. The molecule has 2 heterocycles. The van der Waals surface area contributed by atoms with Crippen molar-refractivity contribution in [2.24, 2.45) is 0 Å². The highest BCUT2D eigenvalue weighted by Gasteiger charge is 2.32. The van der Waals surface area contributed by atoms with Crippen LogP contribution in [0.5, 0.6) is 0 Å². The molecule has 114 valence electrons. The number of aromatic nitrogens is 1. The van der Waals surface area contributed by atoms with Gasteiger partial charge in [0.15, 0.2) is 5.13 Å². The van der Waals surface area contributed by atoms with Crippen LogP contribution in [0.2, 0.25) is 0 Å². The molecule has 1 N–H and O–H groups in total. The average molecular weight is 298 g/mol. The SMILES string of the molecule is COCCNCc1csc(N2CCN(C)C(C)(C)C2)n1. The largest absolute Gasteiger partial charge is 0.383 e. The van der Waals surface area contributed by atoms with Crippen LogP contribution >= 0.6 is 11.3 Å². The molecular weight excluding hydrogens is 272 g/mol. The number of ether oxygens (including phenoxy) is 1. The molecule has 0 amide bonds. The quantitative estimate of drug-likeness (QED) is 0.804. The van der Waals surface area contributed by atoms with Gasteiger partial charge in [-0.25, -0.2) is 4.98 Å². The Balaban J connectivity index is 1.89. The van der Waals surface area contributed by atoms with Crippen LogP contribution in [0.3, 0.4) is 0 Å². The minimum Gasteiger partial charge on any atom is -0.383 e. The molecule has 0 aromatic carbocycles. The third-order valence-corrected chi connectivity index (χ3v) is 4.87. The Hall–Kier alpha value is -0.690. The molecule has 2 rings (SSSR count). The molecule has 1 aliphatic heterocycles. The van der Waals surface area contributed by atoms with E-state index in [2.05, 4.69) is 41.4 Å². The van der Waals surface area contributed by atoms with Gasteiger partial charge in [-0.15, -0.1) is 11.3 Å². The van der Waals surface area contributed by atoms with Crippen LogP contribution < -0.4 is 10.2 Å². The second kappa shape index (κ2) is 6.85. The van der Waals surface area contributed by atoms with Crippen molar-refractivity contribution >= 4 is 16.5 Å². The van der Waals surface area contributed by atoms with Gasteiger partial charge in [-0.2, -0.15) is 0 Å². The maximum Gasteiger partial charge on any atom is 0.185 e. The van der Waals surface area contributed by atoms with Crippen LogP contribution in [-0.2, 0) is 11.3 Å². The van der Waals surface area contributed by atoms with Crippen LogP contribution in [0.4, 0.5) is 5.13 Å². The summed E-state index contributed by atoms with van der Waals surface area (Å²) in [6.07, 6.45) is 0. The van der Waals surface area contributed by atoms with Crippen molar-refractivity contribution in [3.05, 3.63) is 11.1 Å². The van der Waals surface area contributed by atoms with Crippen molar-refractivity contribution in [3.63, 3.8) is 0 Å². The predicted octanol–water partition coefficient (Wildman–Crippen LogP) is 1.41. The Labute approximate surface area is 125 Å². The first-order valence-electron chi connectivity index (χ1n) is 7.13. The number of thiazole rings is 1. The van der Waals surface area contributed by atoms with Gasteiger partial charge in [-0.3, -0.25) is 4.90 Å². The van der Waals surface area contributed by atoms with Crippen LogP contribution in [0.15, 0.2) is 5.38 Å². The Kier molecular flexibility index (Phi) is 5.37. The van der Waals surface area contributed by atoms with Crippen LogP contribution in [0.1, 0.15) is 19.5 Å². The number of rotatable bonds is 6. The molecule has 0 aliphatic carbocycles. The summed E-state index contributed by atoms with van der Waals surface area (Å²) in [5.74, 6) is 0. The standard InChI is InChI=1S/C14H26N4OS/c1-14(2)11-18(7-6-17(14)3)13-16-12(10-20-13)9-15-5-8-19-4/h10,15H,5-9,11H2,1-4H3. The van der Waals surface area contributed by atoms with E-state index in [9.17, 15) is 0 Å². The summed E-state index contributed by atoms with van der Waals surface area (Å²) in [7, 11) is 3.92. The molecule has 0 radical (unpaired) electrons. The van der Waals surface area contributed by atoms with Gasteiger partial charge < -0.3 is 15.0 Å². The number of nitrogens with zero attached hydrogens (tertiary/aromatic N) is 3. The van der Waals surface area contributed by atoms with E-state index in [1.165, 1.54) is 0 Å². The Bertz CT molecular complexity index is 421. The first kappa shape index (κ1) is 15.7. The number of piperazine rings is 1. The van der Waals surface area contributed by atoms with E-state index in [0.29, 0.717) is 0 Å². The first-order chi connectivity index (χ1) is 9.53. The molecule has 5 nitrogen and oxygen atoms in total. The van der Waals surface area contributed by atoms with Crippen molar-refractivity contribution in [2.75, 3.05) is 51.8 Å². The number of nitrogens with one attached hydrogen (secondary N) is 1. The highest BCUT2D eigenvalue weighted by Crippen LogP contribution is 2.27. The molecule has 1 aromatic rings. The normalized spacial score (nSPS) is 19.5. The summed E-state index contributed by atoms with van der Waals surface area (Å²) in [4.78, 5) is 9.57. The van der Waals surface area contributed by atoms with E-state index in [0.717, 1.165) is 50.2 Å². The molecule has 20 heavy (non-hydrogen) atoms. The van der Waals surface area contributed by atoms with Gasteiger partial charge >= 0.3 is 0 Å². The van der Waals surface area contributed by atoms with Gasteiger partial charge in [-0.1, -0.05) is 0 Å². The van der Waals surface area contributed by atoms with Gasteiger partial charge in [0.1, 0.15) is 0 Å². The lowest BCUT2D eigenvalue weighted by atomic mass is 10.0. The molecule has 0 bridgehead atoms. The zero-order valence-corrected chi connectivity index (χ0v) is 13.8. The van der Waals surface area contributed by atoms with E-state index >= 15 is 0 Å². The average Bonchev–Trinajstić information content (AvgIpc) is 2.87. The topological polar surface area (TPSA) is 40.6 Å². The molecule has 0 spiro atoms. The van der Waals surface area contributed by atoms with Crippen molar-refractivity contribution < 1.29 is 4.74 Å². The summed E-state index contributed by atoms with van der Waals surface area (Å²) >= 11 is 1.75. The summed E-state index contributed by atoms with van der Waals surface area (Å²) in [6, 6.07) is 0. The summed E-state index contributed by atoms with van der Waals surface area (Å²) in [6.45, 7) is 10.2. The number of anilines is 1. The molecule has 1 saturated heterocycles. The lowest BCUT2D eigenvalue weighted by Gasteiger charge is -2.45. The summed E-state index contributed by atoms with van der Waals surface area (Å²) in [5, 5.41) is 6.64.